The van der Waals surface area contributed by atoms with Gasteiger partial charge < -0.3 is 4.74 Å². The van der Waals surface area contributed by atoms with Gasteiger partial charge in [-0.1, -0.05) is 18.2 Å². The molecule has 0 radical (unpaired) electrons. The number of hydrogen-bond donors (Lipinski definition) is 0. The summed E-state index contributed by atoms with van der Waals surface area (Å²) in [6.07, 6.45) is 1.39. The lowest BCUT2D eigenvalue weighted by atomic mass is 10.1. The first-order chi connectivity index (χ1) is 9.97. The Morgan fingerprint density at radius 3 is 2.24 bits per heavy atom. The maximum absolute atomic E-state index is 12.5. The van der Waals surface area contributed by atoms with Crippen molar-refractivity contribution >= 4 is 17.7 Å². The van der Waals surface area contributed by atoms with E-state index in [1.807, 2.05) is 0 Å². The van der Waals surface area contributed by atoms with Crippen LogP contribution in [0.25, 0.3) is 0 Å². The standard InChI is InChI=1S/C16H15NO4/c1-10-13(11(2)18)9-17(14(10)16(20)21-3)15(19)12-7-5-4-6-8-12/h4-9H,1-3H3. The van der Waals surface area contributed by atoms with Crippen LogP contribution in [0, 0.1) is 6.92 Å². The highest BCUT2D eigenvalue weighted by Gasteiger charge is 2.25. The summed E-state index contributed by atoms with van der Waals surface area (Å²) in [6, 6.07) is 8.54. The predicted molar refractivity (Wildman–Crippen MR) is 76.7 cm³/mol. The van der Waals surface area contributed by atoms with Crippen molar-refractivity contribution in [1.29, 1.82) is 0 Å². The zero-order valence-electron chi connectivity index (χ0n) is 12.0. The van der Waals surface area contributed by atoms with Crippen LogP contribution in [0.1, 0.15) is 43.7 Å². The van der Waals surface area contributed by atoms with E-state index in [4.69, 9.17) is 4.74 Å². The molecule has 108 valence electrons. The van der Waals surface area contributed by atoms with Gasteiger partial charge in [0.25, 0.3) is 5.91 Å². The Hall–Kier alpha value is -2.69. The van der Waals surface area contributed by atoms with Gasteiger partial charge in [-0.3, -0.25) is 14.2 Å². The molecule has 0 unspecified atom stereocenters. The van der Waals surface area contributed by atoms with Gasteiger partial charge in [0, 0.05) is 17.3 Å². The first-order valence-corrected chi connectivity index (χ1v) is 6.38. The number of aromatic nitrogens is 1. The molecule has 0 bridgehead atoms. The van der Waals surface area contributed by atoms with E-state index in [2.05, 4.69) is 0 Å². The van der Waals surface area contributed by atoms with Crippen LogP contribution in [-0.2, 0) is 4.74 Å². The number of esters is 1. The highest BCUT2D eigenvalue weighted by molar-refractivity contribution is 6.06. The number of nitrogens with zero attached hydrogens (tertiary/aromatic N) is 1. The molecule has 0 aliphatic rings. The molecular weight excluding hydrogens is 270 g/mol. The maximum atomic E-state index is 12.5. The second kappa shape index (κ2) is 5.75. The molecule has 0 spiro atoms. The zero-order chi connectivity index (χ0) is 15.6. The number of Topliss-reactive ketones (excluding diaryl/α,β-unsaturated/α-hetero) is 1. The SMILES string of the molecule is COC(=O)c1c(C)c(C(C)=O)cn1C(=O)c1ccccc1. The normalized spacial score (nSPS) is 10.2. The lowest BCUT2D eigenvalue weighted by molar-refractivity contribution is 0.0582. The van der Waals surface area contributed by atoms with Gasteiger partial charge in [-0.2, -0.15) is 0 Å². The van der Waals surface area contributed by atoms with Crippen molar-refractivity contribution in [1.82, 2.24) is 4.57 Å². The van der Waals surface area contributed by atoms with Gasteiger partial charge >= 0.3 is 5.97 Å². The van der Waals surface area contributed by atoms with Gasteiger partial charge in [0.05, 0.1) is 7.11 Å². The maximum Gasteiger partial charge on any atom is 0.355 e. The molecule has 0 amide bonds. The van der Waals surface area contributed by atoms with E-state index in [1.165, 1.54) is 24.8 Å². The Kier molecular flexibility index (Phi) is 4.03. The number of ketones is 1. The van der Waals surface area contributed by atoms with Crippen molar-refractivity contribution in [2.45, 2.75) is 13.8 Å². The largest absolute Gasteiger partial charge is 0.464 e. The quantitative estimate of drug-likeness (QED) is 0.642. The summed E-state index contributed by atoms with van der Waals surface area (Å²) in [5.74, 6) is -1.24. The Morgan fingerprint density at radius 2 is 1.71 bits per heavy atom. The van der Waals surface area contributed by atoms with Crippen LogP contribution in [-0.4, -0.2) is 29.3 Å². The third-order valence-corrected chi connectivity index (χ3v) is 3.26. The molecule has 5 nitrogen and oxygen atoms in total. The van der Waals surface area contributed by atoms with Crippen molar-refractivity contribution in [2.24, 2.45) is 0 Å². The van der Waals surface area contributed by atoms with Crippen LogP contribution in [0.4, 0.5) is 0 Å². The number of methoxy groups -OCH3 is 1. The van der Waals surface area contributed by atoms with Crippen molar-refractivity contribution in [3.63, 3.8) is 0 Å². The summed E-state index contributed by atoms with van der Waals surface area (Å²) < 4.78 is 5.89. The topological polar surface area (TPSA) is 65.4 Å². The van der Waals surface area contributed by atoms with Crippen LogP contribution < -0.4 is 0 Å². The van der Waals surface area contributed by atoms with Gasteiger partial charge in [-0.25, -0.2) is 4.79 Å². The zero-order valence-corrected chi connectivity index (χ0v) is 12.0. The van der Waals surface area contributed by atoms with Crippen LogP contribution in [0.2, 0.25) is 0 Å². The number of carbonyl (C=O) groups excluding carboxylic acids is 3. The highest BCUT2D eigenvalue weighted by atomic mass is 16.5. The van der Waals surface area contributed by atoms with E-state index in [0.29, 0.717) is 16.7 Å². The first kappa shape index (κ1) is 14.7. The minimum atomic E-state index is -0.649. The lowest BCUT2D eigenvalue weighted by Gasteiger charge is -2.07. The molecule has 0 fully saturated rings. The molecule has 2 aromatic rings. The van der Waals surface area contributed by atoms with Gasteiger partial charge in [0.1, 0.15) is 5.69 Å². The third-order valence-electron chi connectivity index (χ3n) is 3.26. The van der Waals surface area contributed by atoms with Crippen molar-refractivity contribution < 1.29 is 19.1 Å². The molecular formula is C16H15NO4. The van der Waals surface area contributed by atoms with Crippen LogP contribution in [0.15, 0.2) is 36.5 Å². The van der Waals surface area contributed by atoms with E-state index in [1.54, 1.807) is 37.3 Å². The second-order valence-electron chi connectivity index (χ2n) is 4.61. The van der Waals surface area contributed by atoms with Gasteiger partial charge in [-0.05, 0) is 31.5 Å². The number of benzene rings is 1. The first-order valence-electron chi connectivity index (χ1n) is 6.38. The minimum Gasteiger partial charge on any atom is -0.464 e. The molecule has 1 heterocycles. The molecule has 5 heteroatoms. The van der Waals surface area contributed by atoms with E-state index in [0.717, 1.165) is 0 Å². The Balaban J connectivity index is 2.62. The molecule has 2 rings (SSSR count). The number of rotatable bonds is 3. The van der Waals surface area contributed by atoms with Crippen molar-refractivity contribution in [3.05, 3.63) is 58.9 Å². The van der Waals surface area contributed by atoms with Crippen molar-refractivity contribution in [2.75, 3.05) is 7.11 Å². The van der Waals surface area contributed by atoms with Gasteiger partial charge in [-0.15, -0.1) is 0 Å². The van der Waals surface area contributed by atoms with Crippen molar-refractivity contribution in [3.8, 4) is 0 Å². The molecule has 0 saturated carbocycles. The van der Waals surface area contributed by atoms with E-state index >= 15 is 0 Å². The number of hydrogen-bond acceptors (Lipinski definition) is 4. The summed E-state index contributed by atoms with van der Waals surface area (Å²) >= 11 is 0. The fraction of sp³-hybridized carbons (Fsp3) is 0.188. The van der Waals surface area contributed by atoms with E-state index in [-0.39, 0.29) is 17.4 Å². The molecule has 0 aliphatic heterocycles. The molecule has 0 saturated heterocycles. The Morgan fingerprint density at radius 1 is 1.10 bits per heavy atom. The average molecular weight is 285 g/mol. The van der Waals surface area contributed by atoms with Gasteiger partial charge in [0.15, 0.2) is 5.78 Å². The Bertz CT molecular complexity index is 713. The number of carbonyl (C=O) groups is 3. The van der Waals surface area contributed by atoms with Gasteiger partial charge in [0.2, 0.25) is 0 Å². The minimum absolute atomic E-state index is 0.0801. The summed E-state index contributed by atoms with van der Waals surface area (Å²) in [6.45, 7) is 3.01. The fourth-order valence-corrected chi connectivity index (χ4v) is 2.18. The molecule has 0 aliphatic carbocycles. The van der Waals surface area contributed by atoms with Crippen LogP contribution in [0.3, 0.4) is 0 Å². The van der Waals surface area contributed by atoms with E-state index in [9.17, 15) is 14.4 Å². The summed E-state index contributed by atoms with van der Waals surface area (Å²) in [5.41, 5.74) is 1.28. The third kappa shape index (κ3) is 2.63. The average Bonchev–Trinajstić information content (AvgIpc) is 2.84. The van der Waals surface area contributed by atoms with E-state index < -0.39 is 5.97 Å². The second-order valence-corrected chi connectivity index (χ2v) is 4.61. The fourth-order valence-electron chi connectivity index (χ4n) is 2.18. The number of ether oxygens (including phenoxy) is 1. The molecule has 0 atom stereocenters. The highest BCUT2D eigenvalue weighted by Crippen LogP contribution is 2.20. The predicted octanol–water partition coefficient (Wildman–Crippen LogP) is 2.47. The van der Waals surface area contributed by atoms with Crippen LogP contribution in [0.5, 0.6) is 0 Å². The monoisotopic (exact) mass is 285 g/mol. The molecule has 21 heavy (non-hydrogen) atoms. The summed E-state index contributed by atoms with van der Waals surface area (Å²) in [7, 11) is 1.24. The lowest BCUT2D eigenvalue weighted by Crippen LogP contribution is -2.18. The summed E-state index contributed by atoms with van der Waals surface area (Å²) in [4.78, 5) is 36.1. The molecule has 1 aromatic heterocycles. The smallest absolute Gasteiger partial charge is 0.355 e. The van der Waals surface area contributed by atoms with Crippen LogP contribution >= 0.6 is 0 Å². The Labute approximate surface area is 122 Å². The summed E-state index contributed by atoms with van der Waals surface area (Å²) in [5, 5.41) is 0. The molecule has 0 N–H and O–H groups in total. The molecule has 1 aromatic carbocycles.